The molecule has 2 rings (SSSR count). The van der Waals surface area contributed by atoms with E-state index in [9.17, 15) is 5.11 Å². The van der Waals surface area contributed by atoms with Crippen LogP contribution in [0.1, 0.15) is 20.8 Å². The van der Waals surface area contributed by atoms with E-state index in [1.54, 1.807) is 0 Å². The maximum Gasteiger partial charge on any atom is 0.119 e. The van der Waals surface area contributed by atoms with Gasteiger partial charge in [-0.3, -0.25) is 0 Å². The summed E-state index contributed by atoms with van der Waals surface area (Å²) in [6.45, 7) is 6.96. The lowest BCUT2D eigenvalue weighted by molar-refractivity contribution is 0.100. The van der Waals surface area contributed by atoms with E-state index in [2.05, 4.69) is 35.7 Å². The number of nitrogens with zero attached hydrogens (tertiary/aromatic N) is 2. The van der Waals surface area contributed by atoms with Gasteiger partial charge in [-0.05, 0) is 56.6 Å². The predicted octanol–water partition coefficient (Wildman–Crippen LogP) is 2.33. The van der Waals surface area contributed by atoms with Crippen molar-refractivity contribution in [3.8, 4) is 17.0 Å². The number of hydrogen-bond acceptors (Lipinski definition) is 6. The molecule has 0 aliphatic rings. The Balaban J connectivity index is 1.81. The molecule has 2 aromatic rings. The Morgan fingerprint density at radius 1 is 1.29 bits per heavy atom. The van der Waals surface area contributed by atoms with Crippen LogP contribution in [0.5, 0.6) is 5.75 Å². The second-order valence-corrected chi connectivity index (χ2v) is 6.52. The van der Waals surface area contributed by atoms with Gasteiger partial charge in [0.05, 0.1) is 0 Å². The van der Waals surface area contributed by atoms with Crippen molar-refractivity contribution in [2.24, 2.45) is 0 Å². The van der Waals surface area contributed by atoms with Gasteiger partial charge in [-0.25, -0.2) is 0 Å². The van der Waals surface area contributed by atoms with Crippen molar-refractivity contribution < 1.29 is 9.84 Å². The standard InChI is InChI=1S/C15H21N3O2S/c1-15(2,3)16-8-12(19)9-20-13-6-4-11(5-7-13)14-10-21-18-17-14/h4-7,10,12,16,19H,8-9H2,1-3H3. The zero-order chi connectivity index (χ0) is 15.3. The summed E-state index contributed by atoms with van der Waals surface area (Å²) < 4.78 is 9.42. The molecule has 0 bridgehead atoms. The maximum absolute atomic E-state index is 9.87. The molecule has 1 aromatic carbocycles. The van der Waals surface area contributed by atoms with Crippen molar-refractivity contribution in [3.63, 3.8) is 0 Å². The SMILES string of the molecule is CC(C)(C)NCC(O)COc1ccc(-c2csnn2)cc1. The van der Waals surface area contributed by atoms with E-state index >= 15 is 0 Å². The smallest absolute Gasteiger partial charge is 0.119 e. The monoisotopic (exact) mass is 307 g/mol. The fourth-order valence-electron chi connectivity index (χ4n) is 1.69. The van der Waals surface area contributed by atoms with Crippen LogP contribution in [0.15, 0.2) is 29.6 Å². The highest BCUT2D eigenvalue weighted by Gasteiger charge is 2.12. The molecule has 0 aliphatic carbocycles. The normalized spacial score (nSPS) is 13.1. The highest BCUT2D eigenvalue weighted by atomic mass is 32.1. The van der Waals surface area contributed by atoms with Gasteiger partial charge in [0.1, 0.15) is 24.2 Å². The minimum Gasteiger partial charge on any atom is -0.491 e. The molecule has 0 radical (unpaired) electrons. The molecule has 21 heavy (non-hydrogen) atoms. The van der Waals surface area contributed by atoms with Crippen LogP contribution in [0.25, 0.3) is 11.3 Å². The summed E-state index contributed by atoms with van der Waals surface area (Å²) in [4.78, 5) is 0. The molecule has 0 spiro atoms. The third-order valence-electron chi connectivity index (χ3n) is 2.82. The number of β-amino-alcohol motifs (C(OH)–C–C–N with tert-alkyl or cyclic N) is 1. The topological polar surface area (TPSA) is 67.3 Å². The molecule has 2 N–H and O–H groups in total. The summed E-state index contributed by atoms with van der Waals surface area (Å²) in [6, 6.07) is 7.62. The third kappa shape index (κ3) is 5.41. The largest absolute Gasteiger partial charge is 0.491 e. The van der Waals surface area contributed by atoms with E-state index < -0.39 is 6.10 Å². The van der Waals surface area contributed by atoms with Crippen LogP contribution in [0.3, 0.4) is 0 Å². The van der Waals surface area contributed by atoms with Crippen molar-refractivity contribution in [1.82, 2.24) is 14.9 Å². The van der Waals surface area contributed by atoms with Crippen LogP contribution < -0.4 is 10.1 Å². The van der Waals surface area contributed by atoms with Crippen LogP contribution in [-0.4, -0.2) is 39.5 Å². The van der Waals surface area contributed by atoms with Crippen molar-refractivity contribution in [1.29, 1.82) is 0 Å². The number of benzene rings is 1. The maximum atomic E-state index is 9.87. The Hall–Kier alpha value is -1.50. The Bertz CT molecular complexity index is 535. The molecule has 0 saturated heterocycles. The lowest BCUT2D eigenvalue weighted by Crippen LogP contribution is -2.42. The van der Waals surface area contributed by atoms with Gasteiger partial charge in [-0.1, -0.05) is 4.49 Å². The van der Waals surface area contributed by atoms with E-state index in [-0.39, 0.29) is 12.1 Å². The van der Waals surface area contributed by atoms with Gasteiger partial charge in [0.15, 0.2) is 0 Å². The lowest BCUT2D eigenvalue weighted by Gasteiger charge is -2.22. The van der Waals surface area contributed by atoms with Crippen LogP contribution in [-0.2, 0) is 0 Å². The van der Waals surface area contributed by atoms with Crippen LogP contribution in [0.4, 0.5) is 0 Å². The second kappa shape index (κ2) is 6.98. The van der Waals surface area contributed by atoms with Gasteiger partial charge in [0, 0.05) is 23.0 Å². The first-order valence-corrected chi connectivity index (χ1v) is 7.71. The quantitative estimate of drug-likeness (QED) is 0.857. The average Bonchev–Trinajstić information content (AvgIpc) is 2.97. The summed E-state index contributed by atoms with van der Waals surface area (Å²) in [5.74, 6) is 0.733. The molecule has 0 aliphatic heterocycles. The van der Waals surface area contributed by atoms with E-state index in [4.69, 9.17) is 4.74 Å². The number of ether oxygens (including phenoxy) is 1. The molecule has 0 saturated carbocycles. The van der Waals surface area contributed by atoms with Gasteiger partial charge in [0.2, 0.25) is 0 Å². The third-order valence-corrected chi connectivity index (χ3v) is 3.33. The first-order valence-electron chi connectivity index (χ1n) is 6.87. The van der Waals surface area contributed by atoms with Crippen molar-refractivity contribution in [2.45, 2.75) is 32.4 Å². The minimum absolute atomic E-state index is 0.00972. The van der Waals surface area contributed by atoms with Crippen molar-refractivity contribution in [2.75, 3.05) is 13.2 Å². The highest BCUT2D eigenvalue weighted by Crippen LogP contribution is 2.21. The number of rotatable bonds is 6. The van der Waals surface area contributed by atoms with Gasteiger partial charge in [0.25, 0.3) is 0 Å². The Morgan fingerprint density at radius 3 is 2.57 bits per heavy atom. The molecular weight excluding hydrogens is 286 g/mol. The molecule has 114 valence electrons. The molecule has 0 fully saturated rings. The molecule has 1 aromatic heterocycles. The first-order chi connectivity index (χ1) is 9.94. The number of hydrogen-bond donors (Lipinski definition) is 2. The second-order valence-electron chi connectivity index (χ2n) is 5.91. The molecule has 0 amide bonds. The van der Waals surface area contributed by atoms with Gasteiger partial charge >= 0.3 is 0 Å². The number of aliphatic hydroxyl groups excluding tert-OH is 1. The summed E-state index contributed by atoms with van der Waals surface area (Å²) in [5.41, 5.74) is 1.86. The van der Waals surface area contributed by atoms with Crippen molar-refractivity contribution in [3.05, 3.63) is 29.6 Å². The molecule has 6 heteroatoms. The molecule has 1 heterocycles. The summed E-state index contributed by atoms with van der Waals surface area (Å²) in [7, 11) is 0. The van der Waals surface area contributed by atoms with Crippen LogP contribution in [0.2, 0.25) is 0 Å². The number of aromatic nitrogens is 2. The Kier molecular flexibility index (Phi) is 5.27. The minimum atomic E-state index is -0.536. The Morgan fingerprint density at radius 2 is 2.00 bits per heavy atom. The summed E-state index contributed by atoms with van der Waals surface area (Å²) >= 11 is 1.33. The Labute approximate surface area is 129 Å². The van der Waals surface area contributed by atoms with Crippen LogP contribution in [0, 0.1) is 0 Å². The van der Waals surface area contributed by atoms with Gasteiger partial charge < -0.3 is 15.2 Å². The summed E-state index contributed by atoms with van der Waals surface area (Å²) in [5, 5.41) is 19.0. The van der Waals surface area contributed by atoms with E-state index in [1.165, 1.54) is 11.5 Å². The van der Waals surface area contributed by atoms with Crippen LogP contribution >= 0.6 is 11.5 Å². The summed E-state index contributed by atoms with van der Waals surface area (Å²) in [6.07, 6.45) is -0.536. The fraction of sp³-hybridized carbons (Fsp3) is 0.467. The van der Waals surface area contributed by atoms with E-state index in [0.717, 1.165) is 17.0 Å². The molecule has 1 atom stereocenters. The number of nitrogens with one attached hydrogen (secondary N) is 1. The molecular formula is C15H21N3O2S. The zero-order valence-corrected chi connectivity index (χ0v) is 13.4. The molecule has 5 nitrogen and oxygen atoms in total. The van der Waals surface area contributed by atoms with Gasteiger partial charge in [-0.15, -0.1) is 5.10 Å². The van der Waals surface area contributed by atoms with Gasteiger partial charge in [-0.2, -0.15) is 0 Å². The fourth-order valence-corrected chi connectivity index (χ4v) is 2.15. The predicted molar refractivity (Wildman–Crippen MR) is 84.6 cm³/mol. The van der Waals surface area contributed by atoms with E-state index in [1.807, 2.05) is 29.6 Å². The zero-order valence-electron chi connectivity index (χ0n) is 12.5. The number of aliphatic hydroxyl groups is 1. The van der Waals surface area contributed by atoms with E-state index in [0.29, 0.717) is 6.54 Å². The first kappa shape index (κ1) is 15.9. The average molecular weight is 307 g/mol. The van der Waals surface area contributed by atoms with Crippen molar-refractivity contribution >= 4 is 11.5 Å². The highest BCUT2D eigenvalue weighted by molar-refractivity contribution is 7.03. The molecule has 1 unspecified atom stereocenters. The lowest BCUT2D eigenvalue weighted by atomic mass is 10.1.